The van der Waals surface area contributed by atoms with Gasteiger partial charge in [0.2, 0.25) is 5.82 Å². The monoisotopic (exact) mass is 351 g/mol. The molecular weight excluding hydrogens is 333 g/mol. The molecule has 1 aliphatic rings. The third-order valence-electron chi connectivity index (χ3n) is 4.53. The van der Waals surface area contributed by atoms with Gasteiger partial charge in [0.25, 0.3) is 5.91 Å². The molecule has 0 N–H and O–H groups in total. The van der Waals surface area contributed by atoms with Gasteiger partial charge in [0.15, 0.2) is 0 Å². The molecule has 1 aromatic heterocycles. The summed E-state index contributed by atoms with van der Waals surface area (Å²) in [5.41, 5.74) is 2.40. The van der Waals surface area contributed by atoms with Gasteiger partial charge in [0.05, 0.1) is 5.52 Å². The molecule has 0 unspecified atom stereocenters. The zero-order valence-electron chi connectivity index (χ0n) is 14.2. The lowest BCUT2D eigenvalue weighted by atomic mass is 10.2. The van der Waals surface area contributed by atoms with Crippen LogP contribution in [-0.4, -0.2) is 57.1 Å². The molecule has 2 heterocycles. The van der Waals surface area contributed by atoms with E-state index in [9.17, 15) is 9.18 Å². The van der Waals surface area contributed by atoms with Crippen molar-refractivity contribution in [1.29, 1.82) is 0 Å². The van der Waals surface area contributed by atoms with E-state index in [0.717, 1.165) is 25.2 Å². The number of carbonyl (C=O) groups excluding carboxylic acids is 1. The van der Waals surface area contributed by atoms with Crippen molar-refractivity contribution in [2.75, 3.05) is 26.2 Å². The number of nitrogens with zero attached hydrogens (tertiary/aromatic N) is 5. The van der Waals surface area contributed by atoms with E-state index in [2.05, 4.69) is 20.1 Å². The van der Waals surface area contributed by atoms with Crippen LogP contribution >= 0.6 is 0 Å². The van der Waals surface area contributed by atoms with Gasteiger partial charge in [0, 0.05) is 32.7 Å². The molecule has 1 fully saturated rings. The van der Waals surface area contributed by atoms with E-state index in [4.69, 9.17) is 0 Å². The Morgan fingerprint density at radius 3 is 2.35 bits per heavy atom. The maximum Gasteiger partial charge on any atom is 0.293 e. The number of amides is 1. The second-order valence-electron chi connectivity index (χ2n) is 6.32. The van der Waals surface area contributed by atoms with E-state index in [-0.39, 0.29) is 17.5 Å². The number of carbonyl (C=O) groups is 1. The van der Waals surface area contributed by atoms with Gasteiger partial charge in [-0.15, -0.1) is 10.2 Å². The molecule has 1 aliphatic heterocycles. The molecule has 0 spiro atoms. The van der Waals surface area contributed by atoms with E-state index in [0.29, 0.717) is 24.1 Å². The molecule has 132 valence electrons. The van der Waals surface area contributed by atoms with Gasteiger partial charge in [-0.05, 0) is 29.8 Å². The van der Waals surface area contributed by atoms with Crippen molar-refractivity contribution in [2.45, 2.75) is 6.54 Å². The van der Waals surface area contributed by atoms with E-state index >= 15 is 0 Å². The first-order valence-electron chi connectivity index (χ1n) is 8.54. The van der Waals surface area contributed by atoms with Crippen LogP contribution < -0.4 is 0 Å². The molecule has 3 aromatic rings. The van der Waals surface area contributed by atoms with Gasteiger partial charge in [0.1, 0.15) is 11.3 Å². The van der Waals surface area contributed by atoms with E-state index in [1.807, 2.05) is 24.3 Å². The van der Waals surface area contributed by atoms with Crippen LogP contribution in [0.4, 0.5) is 4.39 Å². The van der Waals surface area contributed by atoms with Crippen molar-refractivity contribution in [2.24, 2.45) is 0 Å². The summed E-state index contributed by atoms with van der Waals surface area (Å²) in [7, 11) is 0. The molecule has 0 bridgehead atoms. The molecule has 0 aliphatic carbocycles. The van der Waals surface area contributed by atoms with Crippen LogP contribution in [0.1, 0.15) is 16.2 Å². The highest BCUT2D eigenvalue weighted by Crippen LogP contribution is 2.12. The van der Waals surface area contributed by atoms with Gasteiger partial charge in [-0.3, -0.25) is 9.69 Å². The highest BCUT2D eigenvalue weighted by molar-refractivity contribution is 5.92. The summed E-state index contributed by atoms with van der Waals surface area (Å²) in [4.78, 5) is 21.0. The fourth-order valence-corrected chi connectivity index (χ4v) is 3.07. The molecule has 6 nitrogen and oxygen atoms in total. The molecule has 0 saturated carbocycles. The smallest absolute Gasteiger partial charge is 0.293 e. The third kappa shape index (κ3) is 3.52. The van der Waals surface area contributed by atoms with Gasteiger partial charge in [-0.25, -0.2) is 9.37 Å². The summed E-state index contributed by atoms with van der Waals surface area (Å²) >= 11 is 0. The summed E-state index contributed by atoms with van der Waals surface area (Å²) in [6.45, 7) is 3.47. The summed E-state index contributed by atoms with van der Waals surface area (Å²) in [5, 5.41) is 8.05. The number of halogens is 1. The Morgan fingerprint density at radius 2 is 1.62 bits per heavy atom. The highest BCUT2D eigenvalue weighted by atomic mass is 19.1. The second kappa shape index (κ2) is 7.13. The zero-order valence-corrected chi connectivity index (χ0v) is 14.2. The summed E-state index contributed by atoms with van der Waals surface area (Å²) in [5.74, 6) is -0.284. The van der Waals surface area contributed by atoms with Crippen LogP contribution in [0.2, 0.25) is 0 Å². The van der Waals surface area contributed by atoms with Crippen molar-refractivity contribution in [3.8, 4) is 0 Å². The first kappa shape index (κ1) is 16.5. The van der Waals surface area contributed by atoms with Crippen molar-refractivity contribution in [3.63, 3.8) is 0 Å². The largest absolute Gasteiger partial charge is 0.333 e. The Morgan fingerprint density at radius 1 is 0.923 bits per heavy atom. The molecule has 0 atom stereocenters. The lowest BCUT2D eigenvalue weighted by molar-refractivity contribution is 0.0615. The number of hydrogen-bond acceptors (Lipinski definition) is 5. The highest BCUT2D eigenvalue weighted by Gasteiger charge is 2.24. The van der Waals surface area contributed by atoms with Crippen molar-refractivity contribution in [3.05, 3.63) is 65.7 Å². The number of benzene rings is 2. The van der Waals surface area contributed by atoms with Crippen LogP contribution in [-0.2, 0) is 6.54 Å². The Balaban J connectivity index is 1.38. The Labute approximate surface area is 150 Å². The van der Waals surface area contributed by atoms with Crippen molar-refractivity contribution in [1.82, 2.24) is 25.0 Å². The third-order valence-corrected chi connectivity index (χ3v) is 4.53. The lowest BCUT2D eigenvalue weighted by Gasteiger charge is -2.34. The van der Waals surface area contributed by atoms with Crippen LogP contribution in [0.25, 0.3) is 11.0 Å². The average Bonchev–Trinajstić information content (AvgIpc) is 2.69. The summed E-state index contributed by atoms with van der Waals surface area (Å²) < 4.78 is 13.0. The number of hydrogen-bond donors (Lipinski definition) is 0. The predicted molar refractivity (Wildman–Crippen MR) is 94.9 cm³/mol. The fraction of sp³-hybridized carbons (Fsp3) is 0.263. The van der Waals surface area contributed by atoms with Crippen LogP contribution in [0, 0.1) is 5.82 Å². The van der Waals surface area contributed by atoms with E-state index in [1.54, 1.807) is 17.0 Å². The topological polar surface area (TPSA) is 62.2 Å². The second-order valence-corrected chi connectivity index (χ2v) is 6.32. The van der Waals surface area contributed by atoms with E-state index in [1.165, 1.54) is 12.1 Å². The molecule has 1 amide bonds. The minimum atomic E-state index is -0.229. The Kier molecular flexibility index (Phi) is 4.53. The maximum absolute atomic E-state index is 13.0. The SMILES string of the molecule is O=C(c1nnc2ccccc2n1)N1CCN(Cc2ccc(F)cc2)CC1. The Hall–Kier alpha value is -2.93. The zero-order chi connectivity index (χ0) is 17.9. The minimum Gasteiger partial charge on any atom is -0.333 e. The normalized spacial score (nSPS) is 15.3. The van der Waals surface area contributed by atoms with Crippen LogP contribution in [0.3, 0.4) is 0 Å². The number of fused-ring (bicyclic) bond motifs is 1. The van der Waals surface area contributed by atoms with Crippen molar-refractivity contribution < 1.29 is 9.18 Å². The molecule has 7 heteroatoms. The molecule has 4 rings (SSSR count). The molecule has 26 heavy (non-hydrogen) atoms. The number of rotatable bonds is 3. The van der Waals surface area contributed by atoms with Crippen LogP contribution in [0.15, 0.2) is 48.5 Å². The summed E-state index contributed by atoms with van der Waals surface area (Å²) in [6, 6.07) is 13.9. The lowest BCUT2D eigenvalue weighted by Crippen LogP contribution is -2.48. The average molecular weight is 351 g/mol. The molecule has 1 saturated heterocycles. The summed E-state index contributed by atoms with van der Waals surface area (Å²) in [6.07, 6.45) is 0. The minimum absolute atomic E-state index is 0.135. The van der Waals surface area contributed by atoms with Crippen molar-refractivity contribution >= 4 is 16.9 Å². The van der Waals surface area contributed by atoms with Gasteiger partial charge >= 0.3 is 0 Å². The number of aromatic nitrogens is 3. The van der Waals surface area contributed by atoms with Gasteiger partial charge in [-0.1, -0.05) is 24.3 Å². The molecule has 0 radical (unpaired) electrons. The maximum atomic E-state index is 13.0. The first-order chi connectivity index (χ1) is 12.7. The van der Waals surface area contributed by atoms with Gasteiger partial charge < -0.3 is 4.90 Å². The fourth-order valence-electron chi connectivity index (χ4n) is 3.07. The standard InChI is InChI=1S/C19H18FN5O/c20-15-7-5-14(6-8-15)13-24-9-11-25(12-10-24)19(26)18-21-16-3-1-2-4-17(16)22-23-18/h1-8H,9-13H2. The molecular formula is C19H18FN5O. The quantitative estimate of drug-likeness (QED) is 0.723. The van der Waals surface area contributed by atoms with E-state index < -0.39 is 0 Å². The number of piperazine rings is 1. The first-order valence-corrected chi connectivity index (χ1v) is 8.54. The molecule has 2 aromatic carbocycles. The predicted octanol–water partition coefficient (Wildman–Crippen LogP) is 2.12. The van der Waals surface area contributed by atoms with Gasteiger partial charge in [-0.2, -0.15) is 0 Å². The number of para-hydroxylation sites is 1. The Bertz CT molecular complexity index is 923. The van der Waals surface area contributed by atoms with Crippen LogP contribution in [0.5, 0.6) is 0 Å².